The smallest absolute Gasteiger partial charge is 0.147 e. The number of hydrogen-bond acceptors (Lipinski definition) is 3. The molecule has 0 saturated carbocycles. The van der Waals surface area contributed by atoms with Gasteiger partial charge in [-0.15, -0.1) is 0 Å². The zero-order valence-electron chi connectivity index (χ0n) is 9.15. The number of ether oxygens (including phenoxy) is 1. The molecule has 2 aromatic rings. The third-order valence-electron chi connectivity index (χ3n) is 2.20. The average Bonchev–Trinajstić information content (AvgIpc) is 2.32. The minimum atomic E-state index is 0.376. The first-order valence-electron chi connectivity index (χ1n) is 5.00. The summed E-state index contributed by atoms with van der Waals surface area (Å²) in [5.74, 6) is 0.830. The lowest BCUT2D eigenvalue weighted by Gasteiger charge is -2.08. The van der Waals surface area contributed by atoms with Crippen LogP contribution in [0.25, 0.3) is 0 Å². The van der Waals surface area contributed by atoms with Gasteiger partial charge in [-0.2, -0.15) is 0 Å². The lowest BCUT2D eigenvalue weighted by Crippen LogP contribution is -2.00. The van der Waals surface area contributed by atoms with E-state index < -0.39 is 0 Å². The van der Waals surface area contributed by atoms with Gasteiger partial charge in [0.25, 0.3) is 0 Å². The molecule has 0 N–H and O–H groups in total. The SMILES string of the molecule is Cc1ccc(Br)cc1OCc1cnc(Cl)cn1. The number of aromatic nitrogens is 2. The van der Waals surface area contributed by atoms with Crippen molar-refractivity contribution < 1.29 is 4.74 Å². The summed E-state index contributed by atoms with van der Waals surface area (Å²) in [5, 5.41) is 0.382. The van der Waals surface area contributed by atoms with Crippen LogP contribution >= 0.6 is 27.5 Å². The number of benzene rings is 1. The van der Waals surface area contributed by atoms with Gasteiger partial charge in [0.15, 0.2) is 0 Å². The molecule has 5 heteroatoms. The predicted octanol–water partition coefficient (Wildman–Crippen LogP) is 3.78. The fourth-order valence-electron chi connectivity index (χ4n) is 1.29. The monoisotopic (exact) mass is 312 g/mol. The van der Waals surface area contributed by atoms with Crippen LogP contribution in [-0.2, 0) is 6.61 Å². The van der Waals surface area contributed by atoms with Crippen molar-refractivity contribution in [1.82, 2.24) is 9.97 Å². The second-order valence-electron chi connectivity index (χ2n) is 3.53. The zero-order chi connectivity index (χ0) is 12.3. The number of halogens is 2. The molecule has 0 fully saturated rings. The number of rotatable bonds is 3. The van der Waals surface area contributed by atoms with Gasteiger partial charge >= 0.3 is 0 Å². The van der Waals surface area contributed by atoms with E-state index >= 15 is 0 Å². The quantitative estimate of drug-likeness (QED) is 0.865. The lowest BCUT2D eigenvalue weighted by molar-refractivity contribution is 0.298. The number of hydrogen-bond donors (Lipinski definition) is 0. The van der Waals surface area contributed by atoms with E-state index in [-0.39, 0.29) is 0 Å². The highest BCUT2D eigenvalue weighted by atomic mass is 79.9. The largest absolute Gasteiger partial charge is 0.487 e. The summed E-state index contributed by atoms with van der Waals surface area (Å²) in [7, 11) is 0. The third-order valence-corrected chi connectivity index (χ3v) is 2.89. The van der Waals surface area contributed by atoms with E-state index in [9.17, 15) is 0 Å². The molecule has 1 aromatic carbocycles. The van der Waals surface area contributed by atoms with Gasteiger partial charge in [0, 0.05) is 4.47 Å². The van der Waals surface area contributed by atoms with Gasteiger partial charge in [-0.25, -0.2) is 4.98 Å². The van der Waals surface area contributed by atoms with Gasteiger partial charge in [0.05, 0.1) is 18.1 Å². The Bertz CT molecular complexity index is 516. The van der Waals surface area contributed by atoms with Crippen molar-refractivity contribution >= 4 is 27.5 Å². The maximum absolute atomic E-state index is 5.67. The van der Waals surface area contributed by atoms with E-state index in [4.69, 9.17) is 16.3 Å². The van der Waals surface area contributed by atoms with E-state index in [0.717, 1.165) is 21.5 Å². The molecule has 1 heterocycles. The van der Waals surface area contributed by atoms with Crippen LogP contribution in [-0.4, -0.2) is 9.97 Å². The minimum absolute atomic E-state index is 0.376. The van der Waals surface area contributed by atoms with E-state index in [0.29, 0.717) is 11.8 Å². The van der Waals surface area contributed by atoms with Crippen LogP contribution in [0.15, 0.2) is 35.1 Å². The van der Waals surface area contributed by atoms with Crippen molar-refractivity contribution in [3.63, 3.8) is 0 Å². The van der Waals surface area contributed by atoms with Crippen molar-refractivity contribution in [2.45, 2.75) is 13.5 Å². The van der Waals surface area contributed by atoms with Crippen LogP contribution in [0.4, 0.5) is 0 Å². The molecule has 0 bridgehead atoms. The Hall–Kier alpha value is -1.13. The Kier molecular flexibility index (Phi) is 3.97. The number of nitrogens with zero attached hydrogens (tertiary/aromatic N) is 2. The van der Waals surface area contributed by atoms with E-state index in [2.05, 4.69) is 25.9 Å². The molecule has 88 valence electrons. The molecular weight excluding hydrogens is 304 g/mol. The second-order valence-corrected chi connectivity index (χ2v) is 4.83. The van der Waals surface area contributed by atoms with Gasteiger partial charge in [-0.05, 0) is 24.6 Å². The molecule has 0 atom stereocenters. The average molecular weight is 314 g/mol. The first-order chi connectivity index (χ1) is 8.15. The van der Waals surface area contributed by atoms with Gasteiger partial charge in [-0.1, -0.05) is 33.6 Å². The summed E-state index contributed by atoms with van der Waals surface area (Å²) in [6, 6.07) is 5.90. The molecule has 3 nitrogen and oxygen atoms in total. The first kappa shape index (κ1) is 12.3. The Morgan fingerprint density at radius 3 is 2.82 bits per heavy atom. The molecule has 0 unspecified atom stereocenters. The molecule has 0 radical (unpaired) electrons. The molecule has 0 spiro atoms. The topological polar surface area (TPSA) is 35.0 Å². The predicted molar refractivity (Wildman–Crippen MR) is 70.3 cm³/mol. The summed E-state index contributed by atoms with van der Waals surface area (Å²) in [6.07, 6.45) is 3.11. The van der Waals surface area contributed by atoms with Gasteiger partial charge < -0.3 is 4.74 Å². The van der Waals surface area contributed by atoms with Crippen LogP contribution < -0.4 is 4.74 Å². The van der Waals surface area contributed by atoms with Crippen molar-refractivity contribution in [2.24, 2.45) is 0 Å². The Labute approximate surface area is 113 Å². The lowest BCUT2D eigenvalue weighted by atomic mass is 10.2. The number of aryl methyl sites for hydroxylation is 1. The van der Waals surface area contributed by atoms with Crippen LogP contribution in [0.1, 0.15) is 11.3 Å². The highest BCUT2D eigenvalue weighted by Crippen LogP contribution is 2.23. The summed E-state index contributed by atoms with van der Waals surface area (Å²) >= 11 is 9.06. The molecule has 0 amide bonds. The van der Waals surface area contributed by atoms with Crippen LogP contribution in [0, 0.1) is 6.92 Å². The molecule has 0 aliphatic rings. The molecule has 1 aromatic heterocycles. The molecule has 0 aliphatic heterocycles. The second kappa shape index (κ2) is 5.47. The highest BCUT2D eigenvalue weighted by molar-refractivity contribution is 9.10. The standard InChI is InChI=1S/C12H10BrClN2O/c1-8-2-3-9(13)4-11(8)17-7-10-5-16-12(14)6-15-10/h2-6H,7H2,1H3. The van der Waals surface area contributed by atoms with E-state index in [1.54, 1.807) is 6.20 Å². The van der Waals surface area contributed by atoms with Crippen LogP contribution in [0.2, 0.25) is 5.15 Å². The molecular formula is C12H10BrClN2O. The maximum Gasteiger partial charge on any atom is 0.147 e. The van der Waals surface area contributed by atoms with E-state index in [1.807, 2.05) is 25.1 Å². The molecule has 0 aliphatic carbocycles. The Balaban J connectivity index is 2.07. The van der Waals surface area contributed by atoms with Crippen molar-refractivity contribution in [3.05, 3.63) is 51.5 Å². The fourth-order valence-corrected chi connectivity index (χ4v) is 1.73. The Morgan fingerprint density at radius 1 is 1.29 bits per heavy atom. The summed E-state index contributed by atoms with van der Waals surface area (Å²) in [4.78, 5) is 8.06. The van der Waals surface area contributed by atoms with Crippen molar-refractivity contribution in [2.75, 3.05) is 0 Å². The summed E-state index contributed by atoms with van der Waals surface area (Å²) in [5.41, 5.74) is 1.82. The maximum atomic E-state index is 5.67. The molecule has 17 heavy (non-hydrogen) atoms. The summed E-state index contributed by atoms with van der Waals surface area (Å²) in [6.45, 7) is 2.37. The van der Waals surface area contributed by atoms with Gasteiger partial charge in [-0.3, -0.25) is 4.98 Å². The van der Waals surface area contributed by atoms with Crippen LogP contribution in [0.3, 0.4) is 0 Å². The minimum Gasteiger partial charge on any atom is -0.487 e. The fraction of sp³-hybridized carbons (Fsp3) is 0.167. The van der Waals surface area contributed by atoms with E-state index in [1.165, 1.54) is 6.20 Å². The normalized spacial score (nSPS) is 10.3. The zero-order valence-corrected chi connectivity index (χ0v) is 11.5. The van der Waals surface area contributed by atoms with Gasteiger partial charge in [0.1, 0.15) is 17.5 Å². The van der Waals surface area contributed by atoms with Crippen molar-refractivity contribution in [3.8, 4) is 5.75 Å². The van der Waals surface area contributed by atoms with Gasteiger partial charge in [0.2, 0.25) is 0 Å². The molecule has 2 rings (SSSR count). The highest BCUT2D eigenvalue weighted by Gasteiger charge is 2.02. The van der Waals surface area contributed by atoms with Crippen molar-refractivity contribution in [1.29, 1.82) is 0 Å². The Morgan fingerprint density at radius 2 is 2.12 bits per heavy atom. The molecule has 0 saturated heterocycles. The first-order valence-corrected chi connectivity index (χ1v) is 6.17. The van der Waals surface area contributed by atoms with Crippen LogP contribution in [0.5, 0.6) is 5.75 Å². The summed E-state index contributed by atoms with van der Waals surface area (Å²) < 4.78 is 6.65. The third kappa shape index (κ3) is 3.41.